The molecule has 0 radical (unpaired) electrons. The van der Waals surface area contributed by atoms with Crippen LogP contribution in [0.1, 0.15) is 39.4 Å². The smallest absolute Gasteiger partial charge is 0.316 e. The van der Waals surface area contributed by atoms with Crippen LogP contribution >= 0.6 is 0 Å². The molecule has 2 aliphatic rings. The van der Waals surface area contributed by atoms with Crippen LogP contribution in [-0.4, -0.2) is 50.1 Å². The number of likely N-dealkylation sites (tertiary alicyclic amines) is 1. The monoisotopic (exact) mass is 505 g/mol. The predicted octanol–water partition coefficient (Wildman–Crippen LogP) is 4.82. The molecule has 3 aromatic rings. The van der Waals surface area contributed by atoms with Crippen LogP contribution in [0.3, 0.4) is 0 Å². The molecule has 1 saturated heterocycles. The number of hydrogen-bond acceptors (Lipinski definition) is 4. The third kappa shape index (κ3) is 6.10. The lowest BCUT2D eigenvalue weighted by atomic mass is 9.98. The molecule has 0 aromatic heterocycles. The van der Waals surface area contributed by atoms with Gasteiger partial charge in [0.1, 0.15) is 0 Å². The highest BCUT2D eigenvalue weighted by Crippen LogP contribution is 2.36. The zero-order valence-electron chi connectivity index (χ0n) is 20.5. The molecule has 1 aliphatic heterocycles. The van der Waals surface area contributed by atoms with E-state index in [0.29, 0.717) is 34.9 Å². The highest BCUT2D eigenvalue weighted by atomic mass is 19.2. The van der Waals surface area contributed by atoms with E-state index in [2.05, 4.69) is 10.2 Å². The number of halogens is 2. The molecular formula is C29H29F2N3O3. The number of methoxy groups -OCH3 is 1. The first-order valence-corrected chi connectivity index (χ1v) is 12.1. The quantitative estimate of drug-likeness (QED) is 0.503. The number of nitrogens with one attached hydrogen (secondary N) is 1. The number of nitrogens with zero attached hydrogens (tertiary/aromatic N) is 1. The average molecular weight is 506 g/mol. The van der Waals surface area contributed by atoms with E-state index in [1.165, 1.54) is 12.1 Å². The van der Waals surface area contributed by atoms with Gasteiger partial charge in [0.2, 0.25) is 0 Å². The first-order chi connectivity index (χ1) is 17.9. The van der Waals surface area contributed by atoms with E-state index < -0.39 is 17.7 Å². The number of primary amides is 1. The van der Waals surface area contributed by atoms with Gasteiger partial charge < -0.3 is 20.7 Å². The lowest BCUT2D eigenvalue weighted by molar-refractivity contribution is 0.105. The molecule has 0 bridgehead atoms. The van der Waals surface area contributed by atoms with E-state index >= 15 is 0 Å². The van der Waals surface area contributed by atoms with Crippen molar-refractivity contribution < 1.29 is 23.1 Å². The van der Waals surface area contributed by atoms with Gasteiger partial charge in [-0.15, -0.1) is 0 Å². The van der Waals surface area contributed by atoms with Gasteiger partial charge in [0.15, 0.2) is 17.4 Å². The SMILES string of the molecule is COCCN1CCC(c2ccc(F)c(F)c2)C1.NC(=O)NC1=C(c2ccccc2)C(=O)c2ccccc21. The van der Waals surface area contributed by atoms with Crippen molar-refractivity contribution in [2.24, 2.45) is 5.73 Å². The zero-order chi connectivity index (χ0) is 26.4. The van der Waals surface area contributed by atoms with Gasteiger partial charge in [-0.3, -0.25) is 4.79 Å². The Morgan fingerprint density at radius 1 is 1.03 bits per heavy atom. The topological polar surface area (TPSA) is 84.7 Å². The van der Waals surface area contributed by atoms with E-state index in [4.69, 9.17) is 10.5 Å². The number of benzene rings is 3. The summed E-state index contributed by atoms with van der Waals surface area (Å²) in [6.45, 7) is 3.50. The first-order valence-electron chi connectivity index (χ1n) is 12.1. The fourth-order valence-corrected chi connectivity index (χ4v) is 4.71. The van der Waals surface area contributed by atoms with Gasteiger partial charge in [-0.25, -0.2) is 13.6 Å². The summed E-state index contributed by atoms with van der Waals surface area (Å²) in [5, 5.41) is 2.57. The Bertz CT molecular complexity index is 1310. The molecule has 3 N–H and O–H groups in total. The van der Waals surface area contributed by atoms with Crippen molar-refractivity contribution in [3.63, 3.8) is 0 Å². The highest BCUT2D eigenvalue weighted by Gasteiger charge is 2.30. The third-order valence-electron chi connectivity index (χ3n) is 6.53. The van der Waals surface area contributed by atoms with Crippen LogP contribution in [0.25, 0.3) is 11.3 Å². The molecule has 1 fully saturated rings. The molecule has 2 amide bonds. The van der Waals surface area contributed by atoms with Crippen molar-refractivity contribution in [3.05, 3.63) is 107 Å². The van der Waals surface area contributed by atoms with Crippen LogP contribution in [0.4, 0.5) is 13.6 Å². The number of carbonyl (C=O) groups is 2. The van der Waals surface area contributed by atoms with E-state index in [-0.39, 0.29) is 5.78 Å². The Labute approximate surface area is 214 Å². The minimum atomic E-state index is -0.775. The van der Waals surface area contributed by atoms with Gasteiger partial charge in [-0.1, -0.05) is 60.7 Å². The molecule has 3 aromatic carbocycles. The molecule has 0 spiro atoms. The van der Waals surface area contributed by atoms with E-state index in [0.717, 1.165) is 37.2 Å². The summed E-state index contributed by atoms with van der Waals surface area (Å²) in [5.41, 5.74) is 9.11. The molecule has 192 valence electrons. The fourth-order valence-electron chi connectivity index (χ4n) is 4.71. The molecule has 1 heterocycles. The van der Waals surface area contributed by atoms with Crippen molar-refractivity contribution in [2.75, 3.05) is 33.4 Å². The standard InChI is InChI=1S/C16H12N2O2.C13H17F2NO/c17-16(20)18-14-11-8-4-5-9-12(11)15(19)13(14)10-6-2-1-3-7-10;1-17-7-6-16-5-4-11(9-16)10-2-3-12(14)13(15)8-10/h1-9H,(H3,17,18,20);2-3,8,11H,4-7,9H2,1H3. The summed E-state index contributed by atoms with van der Waals surface area (Å²) < 4.78 is 31.0. The van der Waals surface area contributed by atoms with Crippen molar-refractivity contribution >= 4 is 23.1 Å². The summed E-state index contributed by atoms with van der Waals surface area (Å²) in [4.78, 5) is 26.0. The number of ether oxygens (including phenoxy) is 1. The lowest BCUT2D eigenvalue weighted by Crippen LogP contribution is -2.28. The summed E-state index contributed by atoms with van der Waals surface area (Å²) in [6.07, 6.45) is 0.995. The second-order valence-electron chi connectivity index (χ2n) is 8.93. The minimum absolute atomic E-state index is 0.101. The first kappa shape index (κ1) is 26.2. The average Bonchev–Trinajstić information content (AvgIpc) is 3.48. The molecule has 5 rings (SSSR count). The summed E-state index contributed by atoms with van der Waals surface area (Å²) in [7, 11) is 1.68. The maximum absolute atomic E-state index is 13.1. The normalized spacial score (nSPS) is 16.8. The maximum Gasteiger partial charge on any atom is 0.316 e. The fraction of sp³-hybridized carbons (Fsp3) is 0.241. The van der Waals surface area contributed by atoms with Gasteiger partial charge in [0, 0.05) is 31.3 Å². The molecule has 8 heteroatoms. The number of fused-ring (bicyclic) bond motifs is 1. The van der Waals surface area contributed by atoms with Crippen LogP contribution in [0.15, 0.2) is 72.8 Å². The number of rotatable bonds is 6. The van der Waals surface area contributed by atoms with Gasteiger partial charge in [-0.2, -0.15) is 0 Å². The Kier molecular flexibility index (Phi) is 8.43. The number of nitrogens with two attached hydrogens (primary N) is 1. The molecular weight excluding hydrogens is 476 g/mol. The largest absolute Gasteiger partial charge is 0.383 e. The Hall–Kier alpha value is -3.88. The predicted molar refractivity (Wildman–Crippen MR) is 139 cm³/mol. The number of urea groups is 1. The van der Waals surface area contributed by atoms with Crippen LogP contribution in [-0.2, 0) is 4.74 Å². The van der Waals surface area contributed by atoms with Gasteiger partial charge in [-0.05, 0) is 42.1 Å². The Balaban J connectivity index is 0.000000176. The number of carbonyl (C=O) groups excluding carboxylic acids is 2. The number of Topliss-reactive ketones (excluding diaryl/α,β-unsaturated/α-hetero) is 1. The molecule has 0 saturated carbocycles. The van der Waals surface area contributed by atoms with Crippen LogP contribution in [0.5, 0.6) is 0 Å². The van der Waals surface area contributed by atoms with Crippen LogP contribution in [0.2, 0.25) is 0 Å². The third-order valence-corrected chi connectivity index (χ3v) is 6.53. The Morgan fingerprint density at radius 3 is 2.41 bits per heavy atom. The highest BCUT2D eigenvalue weighted by molar-refractivity contribution is 6.40. The molecule has 1 atom stereocenters. The van der Waals surface area contributed by atoms with E-state index in [9.17, 15) is 18.4 Å². The summed E-state index contributed by atoms with van der Waals surface area (Å²) in [5.74, 6) is -1.32. The number of hydrogen-bond donors (Lipinski definition) is 2. The lowest BCUT2D eigenvalue weighted by Gasteiger charge is -2.15. The van der Waals surface area contributed by atoms with Crippen molar-refractivity contribution in [1.82, 2.24) is 10.2 Å². The maximum atomic E-state index is 13.1. The van der Waals surface area contributed by atoms with Crippen molar-refractivity contribution in [2.45, 2.75) is 12.3 Å². The van der Waals surface area contributed by atoms with Crippen LogP contribution in [0, 0.1) is 11.6 Å². The summed E-state index contributed by atoms with van der Waals surface area (Å²) in [6, 6.07) is 19.9. The molecule has 6 nitrogen and oxygen atoms in total. The number of allylic oxidation sites excluding steroid dienone is 1. The zero-order valence-corrected chi connectivity index (χ0v) is 20.5. The van der Waals surface area contributed by atoms with Crippen molar-refractivity contribution in [3.8, 4) is 0 Å². The molecule has 1 aliphatic carbocycles. The summed E-state index contributed by atoms with van der Waals surface area (Å²) >= 11 is 0. The van der Waals surface area contributed by atoms with E-state index in [1.54, 1.807) is 31.4 Å². The van der Waals surface area contributed by atoms with Crippen LogP contribution < -0.4 is 11.1 Å². The molecule has 37 heavy (non-hydrogen) atoms. The number of ketones is 1. The Morgan fingerprint density at radius 2 is 1.73 bits per heavy atom. The van der Waals surface area contributed by atoms with Crippen molar-refractivity contribution in [1.29, 1.82) is 0 Å². The number of amides is 2. The van der Waals surface area contributed by atoms with Gasteiger partial charge in [0.05, 0.1) is 17.9 Å². The minimum Gasteiger partial charge on any atom is -0.383 e. The van der Waals surface area contributed by atoms with Gasteiger partial charge in [0.25, 0.3) is 0 Å². The second kappa shape index (κ2) is 11.9. The van der Waals surface area contributed by atoms with Gasteiger partial charge >= 0.3 is 6.03 Å². The second-order valence-corrected chi connectivity index (χ2v) is 8.93. The van der Waals surface area contributed by atoms with E-state index in [1.807, 2.05) is 36.4 Å². The molecule has 1 unspecified atom stereocenters.